The van der Waals surface area contributed by atoms with Crippen molar-refractivity contribution >= 4 is 34.0 Å². The normalized spacial score (nSPS) is 15.2. The van der Waals surface area contributed by atoms with E-state index in [0.717, 1.165) is 59.9 Å². The standard InChI is InChI=1S/C21H22N6OS/c1-26(2)21-24-20(28-25-21)14-7-10-27(11-8-14)19-16-5-3-4-6-17(16)22-18(23-19)15-9-12-29-13-15/h3-6,9,12-14H,7-8,10-11H2,1-2H3. The Morgan fingerprint density at radius 1 is 1.07 bits per heavy atom. The molecule has 0 saturated carbocycles. The molecular formula is C21H22N6OS. The minimum Gasteiger partial charge on any atom is -0.356 e. The van der Waals surface area contributed by atoms with E-state index in [0.29, 0.717) is 5.95 Å². The SMILES string of the molecule is CN(C)c1noc(C2CCN(c3nc(-c4ccsc4)nc4ccccc34)CC2)n1. The second-order valence-corrected chi connectivity index (χ2v) is 8.27. The van der Waals surface area contributed by atoms with E-state index in [1.807, 2.05) is 31.1 Å². The maximum atomic E-state index is 5.50. The third-order valence-corrected chi connectivity index (χ3v) is 6.02. The molecule has 0 N–H and O–H groups in total. The molecule has 1 saturated heterocycles. The van der Waals surface area contributed by atoms with Gasteiger partial charge in [0.15, 0.2) is 5.82 Å². The Labute approximate surface area is 173 Å². The summed E-state index contributed by atoms with van der Waals surface area (Å²) in [7, 11) is 3.84. The molecule has 1 aromatic carbocycles. The number of para-hydroxylation sites is 1. The average molecular weight is 407 g/mol. The van der Waals surface area contributed by atoms with Crippen molar-refractivity contribution in [3.8, 4) is 11.4 Å². The summed E-state index contributed by atoms with van der Waals surface area (Å²) in [5.74, 6) is 3.45. The van der Waals surface area contributed by atoms with Gasteiger partial charge in [-0.3, -0.25) is 0 Å². The van der Waals surface area contributed by atoms with Crippen LogP contribution in [0.3, 0.4) is 0 Å². The van der Waals surface area contributed by atoms with E-state index < -0.39 is 0 Å². The lowest BCUT2D eigenvalue weighted by Gasteiger charge is -2.32. The van der Waals surface area contributed by atoms with Crippen LogP contribution in [-0.2, 0) is 0 Å². The van der Waals surface area contributed by atoms with Crippen molar-refractivity contribution in [3.63, 3.8) is 0 Å². The zero-order chi connectivity index (χ0) is 19.8. The van der Waals surface area contributed by atoms with Gasteiger partial charge in [-0.05, 0) is 41.6 Å². The Balaban J connectivity index is 1.42. The topological polar surface area (TPSA) is 71.2 Å². The minimum atomic E-state index is 0.289. The van der Waals surface area contributed by atoms with Crippen LogP contribution >= 0.6 is 11.3 Å². The molecule has 0 amide bonds. The maximum Gasteiger partial charge on any atom is 0.265 e. The minimum absolute atomic E-state index is 0.289. The Kier molecular flexibility index (Phi) is 4.63. The van der Waals surface area contributed by atoms with Gasteiger partial charge in [-0.15, -0.1) is 0 Å². The second-order valence-electron chi connectivity index (χ2n) is 7.49. The molecular weight excluding hydrogens is 384 g/mol. The lowest BCUT2D eigenvalue weighted by molar-refractivity contribution is 0.329. The Morgan fingerprint density at radius 3 is 2.62 bits per heavy atom. The van der Waals surface area contributed by atoms with Crippen molar-refractivity contribution in [3.05, 3.63) is 47.0 Å². The molecule has 0 spiro atoms. The van der Waals surface area contributed by atoms with Crippen LogP contribution in [0.5, 0.6) is 0 Å². The number of anilines is 2. The van der Waals surface area contributed by atoms with Gasteiger partial charge < -0.3 is 14.3 Å². The summed E-state index contributed by atoms with van der Waals surface area (Å²) >= 11 is 1.66. The highest BCUT2D eigenvalue weighted by Crippen LogP contribution is 2.33. The number of benzene rings is 1. The van der Waals surface area contributed by atoms with Gasteiger partial charge in [0.25, 0.3) is 5.95 Å². The van der Waals surface area contributed by atoms with E-state index in [-0.39, 0.29) is 5.92 Å². The van der Waals surface area contributed by atoms with Crippen LogP contribution in [0.2, 0.25) is 0 Å². The van der Waals surface area contributed by atoms with E-state index >= 15 is 0 Å². The van der Waals surface area contributed by atoms with Gasteiger partial charge in [0, 0.05) is 49.4 Å². The first-order valence-corrected chi connectivity index (χ1v) is 10.7. The lowest BCUT2D eigenvalue weighted by Crippen LogP contribution is -2.34. The van der Waals surface area contributed by atoms with Crippen LogP contribution in [0.4, 0.5) is 11.8 Å². The largest absolute Gasteiger partial charge is 0.356 e. The number of hydrogen-bond donors (Lipinski definition) is 0. The lowest BCUT2D eigenvalue weighted by atomic mass is 9.96. The Bertz CT molecular complexity index is 1120. The number of piperidine rings is 1. The molecule has 29 heavy (non-hydrogen) atoms. The molecule has 0 unspecified atom stereocenters. The second kappa shape index (κ2) is 7.44. The predicted molar refractivity (Wildman–Crippen MR) is 116 cm³/mol. The highest BCUT2D eigenvalue weighted by molar-refractivity contribution is 7.08. The summed E-state index contributed by atoms with van der Waals surface area (Å²) in [5, 5.41) is 9.31. The highest BCUT2D eigenvalue weighted by Gasteiger charge is 2.27. The number of thiophene rings is 1. The quantitative estimate of drug-likeness (QED) is 0.503. The van der Waals surface area contributed by atoms with Crippen LogP contribution in [0.25, 0.3) is 22.3 Å². The number of nitrogens with zero attached hydrogens (tertiary/aromatic N) is 6. The van der Waals surface area contributed by atoms with Crippen LogP contribution in [0, 0.1) is 0 Å². The molecule has 0 radical (unpaired) electrons. The number of fused-ring (bicyclic) bond motifs is 1. The van der Waals surface area contributed by atoms with Gasteiger partial charge in [-0.2, -0.15) is 16.3 Å². The average Bonchev–Trinajstić information content (AvgIpc) is 3.45. The zero-order valence-corrected chi connectivity index (χ0v) is 17.3. The van der Waals surface area contributed by atoms with E-state index in [1.54, 1.807) is 11.3 Å². The smallest absolute Gasteiger partial charge is 0.265 e. The summed E-state index contributed by atoms with van der Waals surface area (Å²) in [4.78, 5) is 18.5. The first kappa shape index (κ1) is 18.1. The van der Waals surface area contributed by atoms with Gasteiger partial charge in [0.2, 0.25) is 5.89 Å². The fourth-order valence-electron chi connectivity index (χ4n) is 3.73. The molecule has 4 heterocycles. The predicted octanol–water partition coefficient (Wildman–Crippen LogP) is 4.19. The molecule has 5 rings (SSSR count). The molecule has 8 heteroatoms. The van der Waals surface area contributed by atoms with Crippen LogP contribution < -0.4 is 9.80 Å². The summed E-state index contributed by atoms with van der Waals surface area (Å²) in [5.41, 5.74) is 2.05. The number of hydrogen-bond acceptors (Lipinski definition) is 8. The van der Waals surface area contributed by atoms with Crippen LogP contribution in [0.15, 0.2) is 45.6 Å². The molecule has 0 bridgehead atoms. The van der Waals surface area contributed by atoms with Crippen molar-refractivity contribution in [1.29, 1.82) is 0 Å². The monoisotopic (exact) mass is 406 g/mol. The van der Waals surface area contributed by atoms with Crippen molar-refractivity contribution in [2.45, 2.75) is 18.8 Å². The van der Waals surface area contributed by atoms with E-state index in [1.165, 1.54) is 0 Å². The summed E-state index contributed by atoms with van der Waals surface area (Å²) in [6.45, 7) is 1.79. The first-order chi connectivity index (χ1) is 14.2. The van der Waals surface area contributed by atoms with Crippen molar-refractivity contribution in [1.82, 2.24) is 20.1 Å². The molecule has 4 aromatic rings. The molecule has 1 aliphatic rings. The molecule has 148 valence electrons. The van der Waals surface area contributed by atoms with E-state index in [2.05, 4.69) is 44.0 Å². The summed E-state index contributed by atoms with van der Waals surface area (Å²) in [6, 6.07) is 10.3. The van der Waals surface area contributed by atoms with Gasteiger partial charge >= 0.3 is 0 Å². The molecule has 3 aromatic heterocycles. The Hall–Kier alpha value is -3.00. The molecule has 1 aliphatic heterocycles. The van der Waals surface area contributed by atoms with E-state index in [4.69, 9.17) is 14.5 Å². The fourth-order valence-corrected chi connectivity index (χ4v) is 4.37. The van der Waals surface area contributed by atoms with Crippen LogP contribution in [0.1, 0.15) is 24.7 Å². The molecule has 1 fully saturated rings. The third kappa shape index (κ3) is 3.44. The number of rotatable bonds is 4. The van der Waals surface area contributed by atoms with Crippen LogP contribution in [-0.4, -0.2) is 47.3 Å². The zero-order valence-electron chi connectivity index (χ0n) is 16.4. The summed E-state index contributed by atoms with van der Waals surface area (Å²) in [6.07, 6.45) is 1.92. The van der Waals surface area contributed by atoms with Crippen molar-refractivity contribution in [2.75, 3.05) is 37.0 Å². The molecule has 0 aliphatic carbocycles. The summed E-state index contributed by atoms with van der Waals surface area (Å²) < 4.78 is 5.50. The third-order valence-electron chi connectivity index (χ3n) is 5.34. The van der Waals surface area contributed by atoms with Crippen molar-refractivity contribution in [2.24, 2.45) is 0 Å². The van der Waals surface area contributed by atoms with Gasteiger partial charge in [-0.25, -0.2) is 9.97 Å². The van der Waals surface area contributed by atoms with Gasteiger partial charge in [0.05, 0.1) is 5.52 Å². The van der Waals surface area contributed by atoms with E-state index in [9.17, 15) is 0 Å². The number of aromatic nitrogens is 4. The maximum absolute atomic E-state index is 5.50. The van der Waals surface area contributed by atoms with Gasteiger partial charge in [0.1, 0.15) is 5.82 Å². The van der Waals surface area contributed by atoms with Crippen molar-refractivity contribution < 1.29 is 4.52 Å². The van der Waals surface area contributed by atoms with Gasteiger partial charge in [-0.1, -0.05) is 12.1 Å². The molecule has 0 atom stereocenters. The fraction of sp³-hybridized carbons (Fsp3) is 0.333. The first-order valence-electron chi connectivity index (χ1n) is 9.74. The molecule has 7 nitrogen and oxygen atoms in total. The Morgan fingerprint density at radius 2 is 1.90 bits per heavy atom. The highest BCUT2D eigenvalue weighted by atomic mass is 32.1.